The Bertz CT molecular complexity index is 419. The number of alkyl halides is 3. The molecule has 0 amide bonds. The van der Waals surface area contributed by atoms with Gasteiger partial charge in [-0.1, -0.05) is 6.07 Å². The number of nitrogens with zero attached hydrogens (tertiary/aromatic N) is 1. The van der Waals surface area contributed by atoms with Crippen LogP contribution in [-0.4, -0.2) is 31.2 Å². The Labute approximate surface area is 108 Å². The van der Waals surface area contributed by atoms with Crippen molar-refractivity contribution >= 4 is 0 Å². The molecule has 0 saturated heterocycles. The molecule has 1 aromatic rings. The number of hydrogen-bond donors (Lipinski definition) is 1. The van der Waals surface area contributed by atoms with Gasteiger partial charge in [-0.25, -0.2) is 8.78 Å². The van der Waals surface area contributed by atoms with E-state index in [1.54, 1.807) is 0 Å². The quantitative estimate of drug-likeness (QED) is 0.841. The van der Waals surface area contributed by atoms with E-state index in [2.05, 4.69) is 0 Å². The lowest BCUT2D eigenvalue weighted by atomic mass is 10.1. The van der Waals surface area contributed by atoms with E-state index in [0.29, 0.717) is 6.07 Å². The topological polar surface area (TPSA) is 29.3 Å². The van der Waals surface area contributed by atoms with Gasteiger partial charge in [0.25, 0.3) is 0 Å². The zero-order chi connectivity index (χ0) is 14.6. The molecule has 0 saturated carbocycles. The molecule has 19 heavy (non-hydrogen) atoms. The first-order valence-corrected chi connectivity index (χ1v) is 5.65. The Morgan fingerprint density at radius 3 is 2.42 bits per heavy atom. The Hall–Kier alpha value is -1.21. The molecule has 0 bridgehead atoms. The molecule has 0 aliphatic carbocycles. The number of halogens is 5. The van der Waals surface area contributed by atoms with Gasteiger partial charge in [-0.05, 0) is 13.1 Å². The first kappa shape index (κ1) is 15.8. The highest BCUT2D eigenvalue weighted by Crippen LogP contribution is 2.21. The van der Waals surface area contributed by atoms with Crippen molar-refractivity contribution in [3.8, 4) is 0 Å². The molecule has 0 aliphatic rings. The Morgan fingerprint density at radius 1 is 1.26 bits per heavy atom. The van der Waals surface area contributed by atoms with Crippen LogP contribution in [0.1, 0.15) is 18.0 Å². The summed E-state index contributed by atoms with van der Waals surface area (Å²) in [4.78, 5) is 1.36. The van der Waals surface area contributed by atoms with Gasteiger partial charge >= 0.3 is 6.18 Å². The lowest BCUT2D eigenvalue weighted by Gasteiger charge is -2.22. The molecule has 108 valence electrons. The van der Waals surface area contributed by atoms with E-state index in [-0.39, 0.29) is 18.7 Å². The molecule has 1 aromatic carbocycles. The first-order valence-electron chi connectivity index (χ1n) is 5.65. The van der Waals surface area contributed by atoms with Gasteiger partial charge in [-0.2, -0.15) is 13.2 Å². The standard InChI is InChI=1S/C12H15F5N2/c1-19(5-4-12(15,16)17)7-11(18)9-3-2-8(13)6-10(9)14/h2-3,6,11H,4-5,7,18H2,1H3. The van der Waals surface area contributed by atoms with Crippen LogP contribution in [-0.2, 0) is 0 Å². The minimum Gasteiger partial charge on any atom is -0.323 e. The fourth-order valence-corrected chi connectivity index (χ4v) is 1.65. The van der Waals surface area contributed by atoms with Gasteiger partial charge in [0.15, 0.2) is 0 Å². The zero-order valence-electron chi connectivity index (χ0n) is 10.3. The molecule has 2 nitrogen and oxygen atoms in total. The summed E-state index contributed by atoms with van der Waals surface area (Å²) >= 11 is 0. The van der Waals surface area contributed by atoms with Gasteiger partial charge < -0.3 is 10.6 Å². The third kappa shape index (κ3) is 5.52. The van der Waals surface area contributed by atoms with E-state index in [9.17, 15) is 22.0 Å². The van der Waals surface area contributed by atoms with Crippen LogP contribution in [0.2, 0.25) is 0 Å². The second kappa shape index (κ2) is 6.29. The maximum absolute atomic E-state index is 13.4. The lowest BCUT2D eigenvalue weighted by molar-refractivity contribution is -0.137. The number of hydrogen-bond acceptors (Lipinski definition) is 2. The van der Waals surface area contributed by atoms with E-state index in [0.717, 1.165) is 6.07 Å². The minimum atomic E-state index is -4.24. The van der Waals surface area contributed by atoms with Crippen LogP contribution in [0.3, 0.4) is 0 Å². The summed E-state index contributed by atoms with van der Waals surface area (Å²) in [5, 5.41) is 0. The molecule has 0 aliphatic heterocycles. The summed E-state index contributed by atoms with van der Waals surface area (Å²) in [6.07, 6.45) is -5.19. The summed E-state index contributed by atoms with van der Waals surface area (Å²) in [5.41, 5.74) is 5.78. The summed E-state index contributed by atoms with van der Waals surface area (Å²) in [7, 11) is 1.47. The van der Waals surface area contributed by atoms with Crippen molar-refractivity contribution in [3.63, 3.8) is 0 Å². The molecule has 1 unspecified atom stereocenters. The van der Waals surface area contributed by atoms with Crippen molar-refractivity contribution in [1.82, 2.24) is 4.90 Å². The Balaban J connectivity index is 2.56. The largest absolute Gasteiger partial charge is 0.390 e. The first-order chi connectivity index (χ1) is 8.69. The van der Waals surface area contributed by atoms with Gasteiger partial charge in [0.1, 0.15) is 11.6 Å². The number of benzene rings is 1. The fourth-order valence-electron chi connectivity index (χ4n) is 1.65. The van der Waals surface area contributed by atoms with Crippen molar-refractivity contribution in [1.29, 1.82) is 0 Å². The van der Waals surface area contributed by atoms with Crippen molar-refractivity contribution < 1.29 is 22.0 Å². The normalized spacial score (nSPS) is 13.9. The third-order valence-corrected chi connectivity index (χ3v) is 2.65. The molecule has 0 spiro atoms. The Morgan fingerprint density at radius 2 is 1.89 bits per heavy atom. The van der Waals surface area contributed by atoms with Crippen molar-refractivity contribution in [3.05, 3.63) is 35.4 Å². The smallest absolute Gasteiger partial charge is 0.323 e. The third-order valence-electron chi connectivity index (χ3n) is 2.65. The summed E-state index contributed by atoms with van der Waals surface area (Å²) in [6.45, 7) is -0.168. The van der Waals surface area contributed by atoms with Gasteiger partial charge in [0.05, 0.1) is 6.42 Å². The highest BCUT2D eigenvalue weighted by atomic mass is 19.4. The van der Waals surface area contributed by atoms with E-state index < -0.39 is 30.3 Å². The van der Waals surface area contributed by atoms with Crippen molar-refractivity contribution in [2.75, 3.05) is 20.1 Å². The van der Waals surface area contributed by atoms with Crippen molar-refractivity contribution in [2.45, 2.75) is 18.6 Å². The van der Waals surface area contributed by atoms with Crippen LogP contribution < -0.4 is 5.73 Å². The Kier molecular flexibility index (Phi) is 5.25. The molecule has 1 rings (SSSR count). The summed E-state index contributed by atoms with van der Waals surface area (Å²) in [5.74, 6) is -1.52. The number of nitrogens with two attached hydrogens (primary N) is 1. The van der Waals surface area contributed by atoms with E-state index >= 15 is 0 Å². The molecule has 7 heteroatoms. The predicted molar refractivity (Wildman–Crippen MR) is 61.5 cm³/mol. The monoisotopic (exact) mass is 282 g/mol. The predicted octanol–water partition coefficient (Wildman–Crippen LogP) is 2.85. The lowest BCUT2D eigenvalue weighted by Crippen LogP contribution is -2.32. The highest BCUT2D eigenvalue weighted by Gasteiger charge is 2.27. The molecule has 2 N–H and O–H groups in total. The molecule has 0 radical (unpaired) electrons. The molecular formula is C12H15F5N2. The molecule has 0 fully saturated rings. The van der Waals surface area contributed by atoms with Gasteiger partial charge in [-0.3, -0.25) is 0 Å². The van der Waals surface area contributed by atoms with Gasteiger partial charge in [-0.15, -0.1) is 0 Å². The second-order valence-corrected chi connectivity index (χ2v) is 4.40. The molecule has 0 heterocycles. The van der Waals surface area contributed by atoms with E-state index in [1.165, 1.54) is 18.0 Å². The summed E-state index contributed by atoms with van der Waals surface area (Å²) < 4.78 is 62.2. The number of likely N-dealkylation sites (N-methyl/N-ethyl adjacent to an activating group) is 1. The molecular weight excluding hydrogens is 267 g/mol. The van der Waals surface area contributed by atoms with E-state index in [1.807, 2.05) is 0 Å². The van der Waals surface area contributed by atoms with E-state index in [4.69, 9.17) is 5.73 Å². The fraction of sp³-hybridized carbons (Fsp3) is 0.500. The zero-order valence-corrected chi connectivity index (χ0v) is 10.3. The minimum absolute atomic E-state index is 0.0542. The van der Waals surface area contributed by atoms with Crippen molar-refractivity contribution in [2.24, 2.45) is 5.73 Å². The molecule has 0 aromatic heterocycles. The number of rotatable bonds is 5. The maximum atomic E-state index is 13.4. The van der Waals surface area contributed by atoms with Crippen LogP contribution in [0, 0.1) is 11.6 Å². The second-order valence-electron chi connectivity index (χ2n) is 4.40. The van der Waals surface area contributed by atoms with Crippen LogP contribution in [0.15, 0.2) is 18.2 Å². The van der Waals surface area contributed by atoms with Crippen LogP contribution in [0.4, 0.5) is 22.0 Å². The maximum Gasteiger partial charge on any atom is 0.390 e. The highest BCUT2D eigenvalue weighted by molar-refractivity contribution is 5.22. The van der Waals surface area contributed by atoms with Crippen LogP contribution >= 0.6 is 0 Å². The van der Waals surface area contributed by atoms with Gasteiger partial charge in [0.2, 0.25) is 0 Å². The van der Waals surface area contributed by atoms with Gasteiger partial charge in [0, 0.05) is 30.8 Å². The summed E-state index contributed by atoms with van der Waals surface area (Å²) in [6, 6.07) is 2.16. The molecule has 1 atom stereocenters. The average Bonchev–Trinajstić information content (AvgIpc) is 2.25. The average molecular weight is 282 g/mol. The van der Waals surface area contributed by atoms with Crippen LogP contribution in [0.5, 0.6) is 0 Å². The van der Waals surface area contributed by atoms with Crippen LogP contribution in [0.25, 0.3) is 0 Å². The SMILES string of the molecule is CN(CCC(F)(F)F)CC(N)c1ccc(F)cc1F.